The monoisotopic (exact) mass is 363 g/mol. The van der Waals surface area contributed by atoms with Crippen LogP contribution in [0.5, 0.6) is 0 Å². The van der Waals surface area contributed by atoms with Gasteiger partial charge in [0.2, 0.25) is 5.91 Å². The molecule has 2 heterocycles. The van der Waals surface area contributed by atoms with Gasteiger partial charge in [-0.15, -0.1) is 0 Å². The predicted octanol–water partition coefficient (Wildman–Crippen LogP) is 4.90. The SMILES string of the molecule is CC.CC.CC1(C)CC(=O)Nc2cc(B3OC(C)(C)C(C)(C)O3)ccc21.[HH]. The molecule has 0 atom stereocenters. The van der Waals surface area contributed by atoms with Crippen molar-refractivity contribution in [3.8, 4) is 0 Å². The van der Waals surface area contributed by atoms with Gasteiger partial charge in [0.25, 0.3) is 0 Å². The highest BCUT2D eigenvalue weighted by Crippen LogP contribution is 2.39. The molecule has 0 aromatic heterocycles. The van der Waals surface area contributed by atoms with Gasteiger partial charge in [-0.3, -0.25) is 4.79 Å². The Balaban J connectivity index is 0.00000127. The molecule has 0 saturated carbocycles. The van der Waals surface area contributed by atoms with Crippen LogP contribution in [0.3, 0.4) is 0 Å². The van der Waals surface area contributed by atoms with E-state index in [2.05, 4.69) is 25.2 Å². The van der Waals surface area contributed by atoms with E-state index >= 15 is 0 Å². The molecule has 1 amide bonds. The predicted molar refractivity (Wildman–Crippen MR) is 113 cm³/mol. The topological polar surface area (TPSA) is 47.6 Å². The summed E-state index contributed by atoms with van der Waals surface area (Å²) in [5.74, 6) is 0.0589. The highest BCUT2D eigenvalue weighted by molar-refractivity contribution is 6.62. The van der Waals surface area contributed by atoms with Crippen molar-refractivity contribution in [2.75, 3.05) is 5.32 Å². The van der Waals surface area contributed by atoms with Crippen LogP contribution in [-0.4, -0.2) is 24.2 Å². The smallest absolute Gasteiger partial charge is 0.399 e. The number of hydrogen-bond donors (Lipinski definition) is 1. The van der Waals surface area contributed by atoms with Crippen LogP contribution in [0.15, 0.2) is 18.2 Å². The lowest BCUT2D eigenvalue weighted by molar-refractivity contribution is -0.117. The number of hydrogen-bond acceptors (Lipinski definition) is 3. The maximum Gasteiger partial charge on any atom is 0.494 e. The Hall–Kier alpha value is -1.33. The first-order chi connectivity index (χ1) is 12.0. The van der Waals surface area contributed by atoms with E-state index in [0.717, 1.165) is 16.7 Å². The number of fused-ring (bicyclic) bond motifs is 1. The molecule has 1 fully saturated rings. The van der Waals surface area contributed by atoms with Crippen LogP contribution in [0.4, 0.5) is 5.69 Å². The fourth-order valence-electron chi connectivity index (χ4n) is 3.07. The van der Waals surface area contributed by atoms with Gasteiger partial charge >= 0.3 is 7.12 Å². The minimum absolute atomic E-state index is 0. The second kappa shape index (κ2) is 8.14. The van der Waals surface area contributed by atoms with Crippen LogP contribution >= 0.6 is 0 Å². The lowest BCUT2D eigenvalue weighted by Crippen LogP contribution is -2.41. The lowest BCUT2D eigenvalue weighted by atomic mass is 9.73. The standard InChI is InChI=1S/C17H24BNO3.2C2H6.H2/c1-15(2)10-14(20)19-13-9-11(7-8-12(13)15)18-21-16(3,4)17(5,6)22-18;2*1-2;/h7-9H,10H2,1-6H3,(H,19,20);2*1-2H3;1H. The van der Waals surface area contributed by atoms with Gasteiger partial charge in [0.05, 0.1) is 11.2 Å². The molecule has 26 heavy (non-hydrogen) atoms. The van der Waals surface area contributed by atoms with Crippen molar-refractivity contribution >= 4 is 24.2 Å². The number of nitrogens with one attached hydrogen (secondary N) is 1. The Morgan fingerprint density at radius 1 is 0.962 bits per heavy atom. The van der Waals surface area contributed by atoms with Crippen molar-refractivity contribution in [2.24, 2.45) is 0 Å². The number of amides is 1. The molecule has 3 rings (SSSR count). The highest BCUT2D eigenvalue weighted by atomic mass is 16.7. The van der Waals surface area contributed by atoms with Gasteiger partial charge in [-0.1, -0.05) is 53.7 Å². The van der Waals surface area contributed by atoms with Gasteiger partial charge in [-0.25, -0.2) is 0 Å². The molecular formula is C21H38BNO3. The van der Waals surface area contributed by atoms with Crippen molar-refractivity contribution in [3.05, 3.63) is 23.8 Å². The second-order valence-electron chi connectivity index (χ2n) is 8.00. The maximum absolute atomic E-state index is 11.9. The summed E-state index contributed by atoms with van der Waals surface area (Å²) in [7, 11) is -0.405. The molecule has 148 valence electrons. The normalized spacial score (nSPS) is 21.5. The molecule has 2 aliphatic heterocycles. The van der Waals surface area contributed by atoms with E-state index in [9.17, 15) is 4.79 Å². The summed E-state index contributed by atoms with van der Waals surface area (Å²) in [6.07, 6.45) is 0.510. The summed E-state index contributed by atoms with van der Waals surface area (Å²) >= 11 is 0. The van der Waals surface area contributed by atoms with Crippen LogP contribution in [0.1, 0.15) is 82.6 Å². The maximum atomic E-state index is 11.9. The van der Waals surface area contributed by atoms with E-state index in [1.165, 1.54) is 0 Å². The fraction of sp³-hybridized carbons (Fsp3) is 0.667. The van der Waals surface area contributed by atoms with Gasteiger partial charge in [-0.2, -0.15) is 0 Å². The van der Waals surface area contributed by atoms with Crippen LogP contribution in [0.25, 0.3) is 0 Å². The lowest BCUT2D eigenvalue weighted by Gasteiger charge is -2.32. The summed E-state index contributed by atoms with van der Waals surface area (Å²) < 4.78 is 12.2. The summed E-state index contributed by atoms with van der Waals surface area (Å²) in [6.45, 7) is 20.3. The minimum atomic E-state index is -0.405. The molecule has 0 bridgehead atoms. The van der Waals surface area contributed by atoms with Crippen LogP contribution < -0.4 is 10.8 Å². The van der Waals surface area contributed by atoms with Crippen molar-refractivity contribution in [1.29, 1.82) is 0 Å². The van der Waals surface area contributed by atoms with Crippen molar-refractivity contribution < 1.29 is 15.5 Å². The number of anilines is 1. The molecule has 1 N–H and O–H groups in total. The number of rotatable bonds is 1. The fourth-order valence-corrected chi connectivity index (χ4v) is 3.07. The number of carbonyl (C=O) groups is 1. The van der Waals surface area contributed by atoms with E-state index in [4.69, 9.17) is 9.31 Å². The zero-order valence-corrected chi connectivity index (χ0v) is 18.2. The van der Waals surface area contributed by atoms with E-state index in [1.54, 1.807) is 0 Å². The Kier molecular flexibility index (Phi) is 7.11. The van der Waals surface area contributed by atoms with E-state index in [1.807, 2.05) is 67.5 Å². The first-order valence-electron chi connectivity index (χ1n) is 9.82. The zero-order chi connectivity index (χ0) is 20.3. The average Bonchev–Trinajstić information content (AvgIpc) is 2.78. The van der Waals surface area contributed by atoms with E-state index < -0.39 is 7.12 Å². The second-order valence-corrected chi connectivity index (χ2v) is 8.00. The molecule has 1 aromatic carbocycles. The number of benzene rings is 1. The third kappa shape index (κ3) is 4.32. The molecule has 0 radical (unpaired) electrons. The van der Waals surface area contributed by atoms with Crippen LogP contribution in [0, 0.1) is 0 Å². The molecule has 4 nitrogen and oxygen atoms in total. The molecular weight excluding hydrogens is 325 g/mol. The third-order valence-electron chi connectivity index (χ3n) is 5.17. The van der Waals surface area contributed by atoms with Gasteiger partial charge in [0.15, 0.2) is 0 Å². The molecule has 0 unspecified atom stereocenters. The average molecular weight is 363 g/mol. The van der Waals surface area contributed by atoms with Gasteiger partial charge < -0.3 is 14.6 Å². The third-order valence-corrected chi connectivity index (χ3v) is 5.17. The Morgan fingerprint density at radius 2 is 1.46 bits per heavy atom. The zero-order valence-electron chi connectivity index (χ0n) is 18.2. The van der Waals surface area contributed by atoms with Gasteiger partial charge in [-0.05, 0) is 44.8 Å². The molecule has 1 aromatic rings. The quantitative estimate of drug-likeness (QED) is 0.722. The molecule has 2 aliphatic rings. The van der Waals surface area contributed by atoms with Gasteiger partial charge in [0.1, 0.15) is 0 Å². The first kappa shape index (κ1) is 22.7. The van der Waals surface area contributed by atoms with Crippen molar-refractivity contribution in [2.45, 2.75) is 92.3 Å². The van der Waals surface area contributed by atoms with Crippen LogP contribution in [0.2, 0.25) is 0 Å². The Morgan fingerprint density at radius 3 is 1.96 bits per heavy atom. The largest absolute Gasteiger partial charge is 0.494 e. The van der Waals surface area contributed by atoms with E-state index in [0.29, 0.717) is 6.42 Å². The van der Waals surface area contributed by atoms with Crippen LogP contribution in [-0.2, 0) is 19.5 Å². The number of carbonyl (C=O) groups excluding carboxylic acids is 1. The Labute approximate surface area is 161 Å². The molecule has 0 aliphatic carbocycles. The highest BCUT2D eigenvalue weighted by Gasteiger charge is 2.51. The molecule has 0 spiro atoms. The van der Waals surface area contributed by atoms with E-state index in [-0.39, 0.29) is 24.0 Å². The summed E-state index contributed by atoms with van der Waals surface area (Å²) in [5.41, 5.74) is 2.09. The Bertz CT molecular complexity index is 628. The van der Waals surface area contributed by atoms with Crippen molar-refractivity contribution in [3.63, 3.8) is 0 Å². The molecule has 5 heteroatoms. The summed E-state index contributed by atoms with van der Waals surface area (Å²) in [4.78, 5) is 11.9. The van der Waals surface area contributed by atoms with Crippen molar-refractivity contribution in [1.82, 2.24) is 0 Å². The first-order valence-corrected chi connectivity index (χ1v) is 9.82. The van der Waals surface area contributed by atoms with Gasteiger partial charge in [0, 0.05) is 18.9 Å². The summed E-state index contributed by atoms with van der Waals surface area (Å²) in [6, 6.07) is 6.10. The molecule has 1 saturated heterocycles. The minimum Gasteiger partial charge on any atom is -0.399 e. The summed E-state index contributed by atoms with van der Waals surface area (Å²) in [5, 5.41) is 2.97.